The van der Waals surface area contributed by atoms with Crippen molar-refractivity contribution < 1.29 is 9.53 Å². The van der Waals surface area contributed by atoms with Gasteiger partial charge in [-0.25, -0.2) is 0 Å². The zero-order valence-electron chi connectivity index (χ0n) is 13.1. The summed E-state index contributed by atoms with van der Waals surface area (Å²) in [4.78, 5) is 14.5. The summed E-state index contributed by atoms with van der Waals surface area (Å²) in [6.45, 7) is 8.07. The van der Waals surface area contributed by atoms with E-state index in [0.29, 0.717) is 12.6 Å². The fourth-order valence-corrected chi connectivity index (χ4v) is 2.90. The van der Waals surface area contributed by atoms with E-state index < -0.39 is 0 Å². The third kappa shape index (κ3) is 5.41. The lowest BCUT2D eigenvalue weighted by Gasteiger charge is -2.23. The van der Waals surface area contributed by atoms with Crippen LogP contribution in [0.3, 0.4) is 0 Å². The molecule has 1 saturated heterocycles. The Hall–Kier alpha value is -0.610. The molecule has 1 N–H and O–H groups in total. The van der Waals surface area contributed by atoms with Crippen molar-refractivity contribution in [2.75, 3.05) is 26.2 Å². The number of carbonyl (C=O) groups excluding carboxylic acids is 1. The normalized spacial score (nSPS) is 26.0. The first-order chi connectivity index (χ1) is 9.69. The zero-order valence-corrected chi connectivity index (χ0v) is 13.1. The average molecular weight is 282 g/mol. The maximum Gasteiger partial charge on any atom is 0.323 e. The Morgan fingerprint density at radius 3 is 2.80 bits per heavy atom. The molecule has 2 fully saturated rings. The Morgan fingerprint density at radius 2 is 2.10 bits per heavy atom. The summed E-state index contributed by atoms with van der Waals surface area (Å²) in [6.07, 6.45) is 7.22. The summed E-state index contributed by atoms with van der Waals surface area (Å²) in [6, 6.07) is 0.441. The first kappa shape index (κ1) is 15.8. The first-order valence-electron chi connectivity index (χ1n) is 8.34. The van der Waals surface area contributed by atoms with Crippen molar-refractivity contribution in [3.8, 4) is 0 Å². The van der Waals surface area contributed by atoms with Crippen LogP contribution in [0.15, 0.2) is 0 Å². The Labute approximate surface area is 123 Å². The van der Waals surface area contributed by atoms with Crippen LogP contribution in [0.1, 0.15) is 52.4 Å². The van der Waals surface area contributed by atoms with Gasteiger partial charge in [0.25, 0.3) is 0 Å². The highest BCUT2D eigenvalue weighted by atomic mass is 16.5. The topological polar surface area (TPSA) is 41.6 Å². The van der Waals surface area contributed by atoms with Crippen molar-refractivity contribution in [1.82, 2.24) is 10.2 Å². The summed E-state index contributed by atoms with van der Waals surface area (Å²) < 4.78 is 5.19. The average Bonchev–Trinajstić information content (AvgIpc) is 3.24. The van der Waals surface area contributed by atoms with Crippen LogP contribution in [0.5, 0.6) is 0 Å². The molecular formula is C16H30N2O2. The molecule has 2 rings (SSSR count). The van der Waals surface area contributed by atoms with Crippen molar-refractivity contribution in [1.29, 1.82) is 0 Å². The molecule has 2 unspecified atom stereocenters. The smallest absolute Gasteiger partial charge is 0.323 e. The van der Waals surface area contributed by atoms with E-state index in [0.717, 1.165) is 18.9 Å². The molecule has 0 aromatic heterocycles. The highest BCUT2D eigenvalue weighted by Gasteiger charge is 2.29. The second-order valence-electron chi connectivity index (χ2n) is 6.41. The first-order valence-corrected chi connectivity index (χ1v) is 8.34. The van der Waals surface area contributed by atoms with E-state index in [2.05, 4.69) is 17.1 Å². The molecule has 0 bridgehead atoms. The molecule has 20 heavy (non-hydrogen) atoms. The van der Waals surface area contributed by atoms with Crippen LogP contribution in [-0.4, -0.2) is 49.2 Å². The van der Waals surface area contributed by atoms with Gasteiger partial charge >= 0.3 is 5.97 Å². The standard InChI is InChI=1S/C16H30N2O2/c1-3-20-16(19)15(17-14-6-7-14)9-12-18-10-4-5-13(2)8-11-18/h13-15,17H,3-12H2,1-2H3. The van der Waals surface area contributed by atoms with E-state index in [1.54, 1.807) is 0 Å². The molecule has 0 radical (unpaired) electrons. The molecule has 0 spiro atoms. The number of nitrogens with zero attached hydrogens (tertiary/aromatic N) is 1. The van der Waals surface area contributed by atoms with Crippen LogP contribution in [-0.2, 0) is 9.53 Å². The molecule has 0 aromatic carbocycles. The van der Waals surface area contributed by atoms with Gasteiger partial charge in [0.05, 0.1) is 6.61 Å². The highest BCUT2D eigenvalue weighted by molar-refractivity contribution is 5.75. The second kappa shape index (κ2) is 7.99. The number of ether oxygens (including phenoxy) is 1. The van der Waals surface area contributed by atoms with Gasteiger partial charge in [-0.3, -0.25) is 4.79 Å². The minimum atomic E-state index is -0.108. The van der Waals surface area contributed by atoms with Gasteiger partial charge in [0, 0.05) is 12.6 Å². The van der Waals surface area contributed by atoms with E-state index in [1.165, 1.54) is 45.2 Å². The largest absolute Gasteiger partial charge is 0.465 e. The van der Waals surface area contributed by atoms with Crippen molar-refractivity contribution in [2.24, 2.45) is 5.92 Å². The number of hydrogen-bond acceptors (Lipinski definition) is 4. The number of nitrogens with one attached hydrogen (secondary N) is 1. The van der Waals surface area contributed by atoms with E-state index >= 15 is 0 Å². The molecule has 1 heterocycles. The number of likely N-dealkylation sites (tertiary alicyclic amines) is 1. The Bertz CT molecular complexity index is 305. The minimum absolute atomic E-state index is 0.0670. The van der Waals surface area contributed by atoms with Gasteiger partial charge in [-0.15, -0.1) is 0 Å². The number of rotatable bonds is 7. The summed E-state index contributed by atoms with van der Waals surface area (Å²) in [7, 11) is 0. The molecule has 1 aliphatic heterocycles. The summed E-state index contributed by atoms with van der Waals surface area (Å²) in [5, 5.41) is 3.44. The summed E-state index contributed by atoms with van der Waals surface area (Å²) in [5.74, 6) is 0.785. The van der Waals surface area contributed by atoms with Crippen molar-refractivity contribution in [3.05, 3.63) is 0 Å². The van der Waals surface area contributed by atoms with E-state index in [9.17, 15) is 4.79 Å². The SMILES string of the molecule is CCOC(=O)C(CCN1CCCC(C)CC1)NC1CC1. The Balaban J connectivity index is 1.76. The maximum atomic E-state index is 12.0. The Morgan fingerprint density at radius 1 is 1.30 bits per heavy atom. The van der Waals surface area contributed by atoms with Crippen LogP contribution in [0.2, 0.25) is 0 Å². The van der Waals surface area contributed by atoms with E-state index in [4.69, 9.17) is 4.74 Å². The highest BCUT2D eigenvalue weighted by Crippen LogP contribution is 2.21. The molecule has 1 aliphatic carbocycles. The molecular weight excluding hydrogens is 252 g/mol. The van der Waals surface area contributed by atoms with Gasteiger partial charge in [0.1, 0.15) is 6.04 Å². The number of esters is 1. The quantitative estimate of drug-likeness (QED) is 0.727. The van der Waals surface area contributed by atoms with Gasteiger partial charge in [-0.1, -0.05) is 6.92 Å². The lowest BCUT2D eigenvalue weighted by atomic mass is 10.0. The summed E-state index contributed by atoms with van der Waals surface area (Å²) >= 11 is 0. The number of hydrogen-bond donors (Lipinski definition) is 1. The molecule has 2 aliphatic rings. The van der Waals surface area contributed by atoms with Gasteiger partial charge in [0.15, 0.2) is 0 Å². The molecule has 4 nitrogen and oxygen atoms in total. The lowest BCUT2D eigenvalue weighted by molar-refractivity contribution is -0.146. The minimum Gasteiger partial charge on any atom is -0.465 e. The van der Waals surface area contributed by atoms with Crippen LogP contribution in [0.4, 0.5) is 0 Å². The predicted octanol–water partition coefficient (Wildman–Crippen LogP) is 2.18. The third-order valence-electron chi connectivity index (χ3n) is 4.43. The second-order valence-corrected chi connectivity index (χ2v) is 6.41. The van der Waals surface area contributed by atoms with E-state index in [-0.39, 0.29) is 12.0 Å². The van der Waals surface area contributed by atoms with E-state index in [1.807, 2.05) is 6.92 Å². The fourth-order valence-electron chi connectivity index (χ4n) is 2.90. The number of carbonyl (C=O) groups is 1. The molecule has 0 aromatic rings. The van der Waals surface area contributed by atoms with Gasteiger partial charge < -0.3 is 15.0 Å². The van der Waals surface area contributed by atoms with Crippen LogP contribution in [0, 0.1) is 5.92 Å². The van der Waals surface area contributed by atoms with Crippen LogP contribution in [0.25, 0.3) is 0 Å². The molecule has 0 amide bonds. The molecule has 116 valence electrons. The van der Waals surface area contributed by atoms with Gasteiger partial charge in [0.2, 0.25) is 0 Å². The van der Waals surface area contributed by atoms with Gasteiger partial charge in [-0.05, 0) is 64.5 Å². The predicted molar refractivity (Wildman–Crippen MR) is 80.7 cm³/mol. The maximum absolute atomic E-state index is 12.0. The Kier molecular flexibility index (Phi) is 6.30. The lowest BCUT2D eigenvalue weighted by Crippen LogP contribution is -2.42. The van der Waals surface area contributed by atoms with Crippen molar-refractivity contribution >= 4 is 5.97 Å². The monoisotopic (exact) mass is 282 g/mol. The third-order valence-corrected chi connectivity index (χ3v) is 4.43. The molecule has 2 atom stereocenters. The zero-order chi connectivity index (χ0) is 14.4. The fraction of sp³-hybridized carbons (Fsp3) is 0.938. The van der Waals surface area contributed by atoms with Gasteiger partial charge in [-0.2, -0.15) is 0 Å². The molecule has 1 saturated carbocycles. The van der Waals surface area contributed by atoms with Crippen LogP contribution < -0.4 is 5.32 Å². The van der Waals surface area contributed by atoms with Crippen molar-refractivity contribution in [2.45, 2.75) is 64.5 Å². The van der Waals surface area contributed by atoms with Crippen LogP contribution >= 0.6 is 0 Å². The summed E-state index contributed by atoms with van der Waals surface area (Å²) in [5.41, 5.74) is 0. The van der Waals surface area contributed by atoms with Crippen molar-refractivity contribution in [3.63, 3.8) is 0 Å². The molecule has 4 heteroatoms.